The fourth-order valence-corrected chi connectivity index (χ4v) is 3.33. The third-order valence-electron chi connectivity index (χ3n) is 5.19. The number of carboxylic acids is 1. The van der Waals surface area contributed by atoms with Crippen molar-refractivity contribution in [3.63, 3.8) is 0 Å². The van der Waals surface area contributed by atoms with Crippen LogP contribution in [-0.4, -0.2) is 47.8 Å². The van der Waals surface area contributed by atoms with Crippen LogP contribution in [0, 0.1) is 0 Å². The van der Waals surface area contributed by atoms with Crippen LogP contribution >= 0.6 is 12.4 Å². The van der Waals surface area contributed by atoms with Gasteiger partial charge in [-0.05, 0) is 76.0 Å². The lowest BCUT2D eigenvalue weighted by Gasteiger charge is -2.24. The number of ether oxygens (including phenoxy) is 1. The summed E-state index contributed by atoms with van der Waals surface area (Å²) in [5.41, 5.74) is 0.718. The second-order valence-corrected chi connectivity index (χ2v) is 7.87. The van der Waals surface area contributed by atoms with E-state index in [1.807, 2.05) is 0 Å². The Hall–Kier alpha value is -1.79. The van der Waals surface area contributed by atoms with Crippen LogP contribution in [0.25, 0.3) is 0 Å². The molecule has 6 nitrogen and oxygen atoms in total. The second-order valence-electron chi connectivity index (χ2n) is 7.87. The molecule has 1 aromatic rings. The first kappa shape index (κ1) is 29.2. The normalized spacial score (nSPS) is 11.6. The summed E-state index contributed by atoms with van der Waals surface area (Å²) in [6.07, 6.45) is 9.13. The number of anilines is 1. The summed E-state index contributed by atoms with van der Waals surface area (Å²) in [6, 6.07) is 6.08. The van der Waals surface area contributed by atoms with E-state index in [0.29, 0.717) is 5.69 Å². The van der Waals surface area contributed by atoms with Gasteiger partial charge in [0.2, 0.25) is 0 Å². The summed E-state index contributed by atoms with van der Waals surface area (Å²) >= 11 is 0. The molecule has 7 heteroatoms. The predicted molar refractivity (Wildman–Crippen MR) is 130 cm³/mol. The van der Waals surface area contributed by atoms with Gasteiger partial charge in [0.15, 0.2) is 0 Å². The van der Waals surface area contributed by atoms with Gasteiger partial charge in [-0.25, -0.2) is 9.59 Å². The SMILES string of the molecule is CCCCC(CCCN(CCCC)CCCC)OC(=O)Nc1ccc(C(=O)O)cc1.Cl. The van der Waals surface area contributed by atoms with E-state index < -0.39 is 12.1 Å². The number of amides is 1. The van der Waals surface area contributed by atoms with Gasteiger partial charge in [-0.15, -0.1) is 12.4 Å². The molecule has 0 bridgehead atoms. The molecule has 31 heavy (non-hydrogen) atoms. The van der Waals surface area contributed by atoms with Gasteiger partial charge in [0.1, 0.15) is 6.10 Å². The zero-order valence-electron chi connectivity index (χ0n) is 19.4. The van der Waals surface area contributed by atoms with Crippen LogP contribution in [0.5, 0.6) is 0 Å². The van der Waals surface area contributed by atoms with Crippen molar-refractivity contribution in [1.29, 1.82) is 0 Å². The maximum Gasteiger partial charge on any atom is 0.411 e. The van der Waals surface area contributed by atoms with Crippen LogP contribution in [-0.2, 0) is 4.74 Å². The molecule has 0 aromatic heterocycles. The zero-order chi connectivity index (χ0) is 22.2. The van der Waals surface area contributed by atoms with Crippen molar-refractivity contribution in [3.05, 3.63) is 29.8 Å². The first-order valence-electron chi connectivity index (χ1n) is 11.5. The average molecular weight is 457 g/mol. The minimum Gasteiger partial charge on any atom is -0.478 e. The van der Waals surface area contributed by atoms with Crippen LogP contribution < -0.4 is 5.32 Å². The fraction of sp³-hybridized carbons (Fsp3) is 0.667. The number of carbonyl (C=O) groups excluding carboxylic acids is 1. The number of rotatable bonds is 16. The van der Waals surface area contributed by atoms with Crippen molar-refractivity contribution >= 4 is 30.2 Å². The van der Waals surface area contributed by atoms with Gasteiger partial charge in [0.05, 0.1) is 5.56 Å². The molecule has 1 atom stereocenters. The van der Waals surface area contributed by atoms with Gasteiger partial charge in [0.25, 0.3) is 0 Å². The summed E-state index contributed by atoms with van der Waals surface area (Å²) in [7, 11) is 0. The lowest BCUT2D eigenvalue weighted by atomic mass is 10.1. The van der Waals surface area contributed by atoms with Gasteiger partial charge in [0, 0.05) is 5.69 Å². The minimum absolute atomic E-state index is 0. The van der Waals surface area contributed by atoms with Gasteiger partial charge in [-0.1, -0.05) is 46.5 Å². The standard InChI is InChI=1S/C24H40N2O4.ClH/c1-4-7-11-22(12-10-19-26(17-8-5-2)18-9-6-3)30-24(29)25-21-15-13-20(14-16-21)23(27)28;/h13-16,22H,4-12,17-19H2,1-3H3,(H,25,29)(H,27,28);1H. The fourth-order valence-electron chi connectivity index (χ4n) is 3.33. The van der Waals surface area contributed by atoms with E-state index in [4.69, 9.17) is 9.84 Å². The number of nitrogens with zero attached hydrogens (tertiary/aromatic N) is 1. The molecule has 0 heterocycles. The van der Waals surface area contributed by atoms with Crippen molar-refractivity contribution in [2.75, 3.05) is 25.0 Å². The highest BCUT2D eigenvalue weighted by atomic mass is 35.5. The number of carbonyl (C=O) groups is 2. The molecule has 0 spiro atoms. The summed E-state index contributed by atoms with van der Waals surface area (Å²) in [4.78, 5) is 25.8. The summed E-state index contributed by atoms with van der Waals surface area (Å²) < 4.78 is 5.69. The van der Waals surface area contributed by atoms with Crippen LogP contribution in [0.2, 0.25) is 0 Å². The molecule has 0 aliphatic rings. The molecule has 0 aliphatic heterocycles. The van der Waals surface area contributed by atoms with E-state index >= 15 is 0 Å². The Morgan fingerprint density at radius 1 is 0.903 bits per heavy atom. The predicted octanol–water partition coefficient (Wildman–Crippen LogP) is 6.60. The number of aromatic carboxylic acids is 1. The number of nitrogens with one attached hydrogen (secondary N) is 1. The van der Waals surface area contributed by atoms with Gasteiger partial charge >= 0.3 is 12.1 Å². The van der Waals surface area contributed by atoms with Crippen molar-refractivity contribution in [3.8, 4) is 0 Å². The van der Waals surface area contributed by atoms with Crippen molar-refractivity contribution < 1.29 is 19.4 Å². The molecule has 2 N–H and O–H groups in total. The molecule has 1 aromatic carbocycles. The van der Waals surface area contributed by atoms with E-state index in [1.54, 1.807) is 12.1 Å². The first-order chi connectivity index (χ1) is 14.5. The minimum atomic E-state index is -0.990. The highest BCUT2D eigenvalue weighted by molar-refractivity contribution is 5.89. The summed E-state index contributed by atoms with van der Waals surface area (Å²) in [5.74, 6) is -0.990. The van der Waals surface area contributed by atoms with Crippen LogP contribution in [0.1, 0.15) is 88.9 Å². The molecular weight excluding hydrogens is 416 g/mol. The van der Waals surface area contributed by atoms with Crippen LogP contribution in [0.15, 0.2) is 24.3 Å². The quantitative estimate of drug-likeness (QED) is 0.293. The molecule has 0 saturated heterocycles. The summed E-state index contributed by atoms with van der Waals surface area (Å²) in [5, 5.41) is 11.7. The highest BCUT2D eigenvalue weighted by Crippen LogP contribution is 2.15. The number of carboxylic acid groups (broad SMARTS) is 1. The Morgan fingerprint density at radius 3 is 1.94 bits per heavy atom. The van der Waals surface area contributed by atoms with E-state index in [-0.39, 0.29) is 24.1 Å². The van der Waals surface area contributed by atoms with Gasteiger partial charge < -0.3 is 14.7 Å². The number of unbranched alkanes of at least 4 members (excludes halogenated alkanes) is 3. The Kier molecular flexibility index (Phi) is 16.8. The van der Waals surface area contributed by atoms with Gasteiger partial charge in [-0.3, -0.25) is 5.32 Å². The molecule has 1 rings (SSSR count). The zero-order valence-corrected chi connectivity index (χ0v) is 20.2. The van der Waals surface area contributed by atoms with E-state index in [0.717, 1.165) is 51.7 Å². The molecule has 1 unspecified atom stereocenters. The van der Waals surface area contributed by atoms with Gasteiger partial charge in [-0.2, -0.15) is 0 Å². The largest absolute Gasteiger partial charge is 0.478 e. The highest BCUT2D eigenvalue weighted by Gasteiger charge is 2.15. The smallest absolute Gasteiger partial charge is 0.411 e. The number of hydrogen-bond acceptors (Lipinski definition) is 4. The number of hydrogen-bond donors (Lipinski definition) is 2. The third-order valence-corrected chi connectivity index (χ3v) is 5.19. The molecule has 0 aliphatic carbocycles. The molecule has 0 saturated carbocycles. The number of halogens is 1. The number of benzene rings is 1. The Bertz CT molecular complexity index is 602. The summed E-state index contributed by atoms with van der Waals surface area (Å²) in [6.45, 7) is 9.91. The molecule has 0 radical (unpaired) electrons. The monoisotopic (exact) mass is 456 g/mol. The third kappa shape index (κ3) is 13.3. The Morgan fingerprint density at radius 2 is 1.42 bits per heavy atom. The molecule has 0 fully saturated rings. The molecule has 1 amide bonds. The van der Waals surface area contributed by atoms with E-state index in [1.165, 1.54) is 37.8 Å². The first-order valence-corrected chi connectivity index (χ1v) is 11.5. The average Bonchev–Trinajstić information content (AvgIpc) is 2.73. The lowest BCUT2D eigenvalue weighted by molar-refractivity contribution is 0.0696. The molecule has 178 valence electrons. The van der Waals surface area contributed by atoms with E-state index in [2.05, 4.69) is 31.0 Å². The maximum atomic E-state index is 12.3. The van der Waals surface area contributed by atoms with Crippen LogP contribution in [0.3, 0.4) is 0 Å². The molecular formula is C24H41ClN2O4. The van der Waals surface area contributed by atoms with E-state index in [9.17, 15) is 9.59 Å². The Balaban J connectivity index is 0.00000900. The second kappa shape index (κ2) is 17.8. The van der Waals surface area contributed by atoms with Crippen molar-refractivity contribution in [2.45, 2.75) is 84.7 Å². The Labute approximate surface area is 194 Å². The maximum absolute atomic E-state index is 12.3. The van der Waals surface area contributed by atoms with Crippen LogP contribution in [0.4, 0.5) is 10.5 Å². The lowest BCUT2D eigenvalue weighted by Crippen LogP contribution is -2.29. The van der Waals surface area contributed by atoms with Crippen molar-refractivity contribution in [1.82, 2.24) is 4.90 Å². The van der Waals surface area contributed by atoms with Crippen molar-refractivity contribution in [2.24, 2.45) is 0 Å². The topological polar surface area (TPSA) is 78.9 Å².